The summed E-state index contributed by atoms with van der Waals surface area (Å²) >= 11 is 0. The van der Waals surface area contributed by atoms with Crippen LogP contribution in [0.1, 0.15) is 18.9 Å². The van der Waals surface area contributed by atoms with E-state index < -0.39 is 0 Å². The molecule has 0 spiro atoms. The molecule has 0 fully saturated rings. The van der Waals surface area contributed by atoms with Crippen LogP contribution in [-0.2, 0) is 27.5 Å². The molecule has 0 aliphatic rings. The summed E-state index contributed by atoms with van der Waals surface area (Å²) < 4.78 is 0. The fourth-order valence-corrected chi connectivity index (χ4v) is 0.877. The summed E-state index contributed by atoms with van der Waals surface area (Å²) in [5, 5.41) is 0. The van der Waals surface area contributed by atoms with Crippen molar-refractivity contribution < 1.29 is 21.1 Å². The van der Waals surface area contributed by atoms with Crippen LogP contribution < -0.4 is 0 Å². The molecule has 0 nitrogen and oxygen atoms in total. The van der Waals surface area contributed by atoms with Gasteiger partial charge in [-0.2, -0.15) is 35.9 Å². The zero-order valence-electron chi connectivity index (χ0n) is 6.13. The summed E-state index contributed by atoms with van der Waals surface area (Å²) in [6.07, 6.45) is 2.42. The van der Waals surface area contributed by atoms with Crippen LogP contribution in [-0.4, -0.2) is 0 Å². The molecule has 0 saturated heterocycles. The van der Waals surface area contributed by atoms with Crippen molar-refractivity contribution in [3.8, 4) is 0 Å². The Bertz CT molecular complexity index is 158. The number of benzene rings is 1. The first kappa shape index (κ1) is 9.91. The van der Waals surface area contributed by atoms with Crippen LogP contribution in [0.4, 0.5) is 0 Å². The Morgan fingerprint density at radius 2 is 1.90 bits per heavy atom. The normalized spacial score (nSPS) is 8.50. The van der Waals surface area contributed by atoms with Crippen molar-refractivity contribution in [2.24, 2.45) is 0 Å². The van der Waals surface area contributed by atoms with Gasteiger partial charge in [-0.3, -0.25) is 0 Å². The van der Waals surface area contributed by atoms with Crippen LogP contribution in [0.5, 0.6) is 0 Å². The Kier molecular flexibility index (Phi) is 5.62. The quantitative estimate of drug-likeness (QED) is 0.736. The van der Waals surface area contributed by atoms with Crippen molar-refractivity contribution in [2.75, 3.05) is 0 Å². The van der Waals surface area contributed by atoms with Crippen LogP contribution in [0.15, 0.2) is 24.3 Å². The Balaban J connectivity index is 0.000000810. The molecule has 0 heterocycles. The molecule has 1 rings (SSSR count). The maximum Gasteiger partial charge on any atom is 0 e. The fourth-order valence-electron chi connectivity index (χ4n) is 0.877. The van der Waals surface area contributed by atoms with E-state index in [1.165, 1.54) is 18.4 Å². The summed E-state index contributed by atoms with van der Waals surface area (Å²) in [6, 6.07) is 11.1. The van der Waals surface area contributed by atoms with Crippen molar-refractivity contribution in [1.82, 2.24) is 0 Å². The van der Waals surface area contributed by atoms with E-state index in [0.29, 0.717) is 0 Å². The molecule has 0 N–H and O–H groups in total. The van der Waals surface area contributed by atoms with Crippen LogP contribution in [0.25, 0.3) is 0 Å². The van der Waals surface area contributed by atoms with Gasteiger partial charge in [-0.25, -0.2) is 0 Å². The molecular weight excluding hydrogens is 292 g/mol. The number of hydrogen-bond acceptors (Lipinski definition) is 0. The number of aryl methyl sites for hydroxylation is 1. The summed E-state index contributed by atoms with van der Waals surface area (Å²) in [6.45, 7) is 2.19. The molecule has 1 aromatic rings. The number of hydrogen-bond donors (Lipinski definition) is 0. The van der Waals surface area contributed by atoms with Crippen LogP contribution in [0.3, 0.4) is 0 Å². The van der Waals surface area contributed by atoms with Gasteiger partial charge in [0.2, 0.25) is 0 Å². The van der Waals surface area contributed by atoms with Gasteiger partial charge in [0.25, 0.3) is 0 Å². The zero-order valence-corrected chi connectivity index (χ0v) is 9.07. The molecule has 1 heteroatoms. The van der Waals surface area contributed by atoms with Gasteiger partial charge in [0.1, 0.15) is 0 Å². The third-order valence-electron chi connectivity index (χ3n) is 1.33. The standard InChI is InChI=1S/C9H11.W/c1-2-6-9-7-4-3-5-8-9;/h4-5,7-8H,2,6H2,1H3;/q-1;. The van der Waals surface area contributed by atoms with E-state index in [1.807, 2.05) is 12.1 Å². The van der Waals surface area contributed by atoms with Gasteiger partial charge in [0.15, 0.2) is 0 Å². The third kappa shape index (κ3) is 3.17. The second-order valence-electron chi connectivity index (χ2n) is 2.16. The predicted molar refractivity (Wildman–Crippen MR) is 39.3 cm³/mol. The molecule has 0 aliphatic carbocycles. The minimum atomic E-state index is 0. The topological polar surface area (TPSA) is 0 Å². The molecule has 0 amide bonds. The Hall–Kier alpha value is -0.0917. The first-order valence-electron chi connectivity index (χ1n) is 3.38. The molecular formula is C9H11W-. The van der Waals surface area contributed by atoms with Crippen LogP contribution in [0, 0.1) is 6.07 Å². The summed E-state index contributed by atoms with van der Waals surface area (Å²) in [5.74, 6) is 0. The molecule has 0 unspecified atom stereocenters. The molecule has 1 aromatic carbocycles. The van der Waals surface area contributed by atoms with Crippen LogP contribution >= 0.6 is 0 Å². The SMILES string of the molecule is CCCc1cc[c-]cc1.[W]. The smallest absolute Gasteiger partial charge is 0 e. The molecule has 0 aliphatic heterocycles. The van der Waals surface area contributed by atoms with E-state index in [1.54, 1.807) is 0 Å². The second-order valence-corrected chi connectivity index (χ2v) is 2.16. The van der Waals surface area contributed by atoms with E-state index >= 15 is 0 Å². The average Bonchev–Trinajstić information content (AvgIpc) is 1.91. The number of rotatable bonds is 2. The largest absolute Gasteiger partial charge is 0.184 e. The summed E-state index contributed by atoms with van der Waals surface area (Å²) in [5.41, 5.74) is 1.41. The molecule has 0 aromatic heterocycles. The first-order valence-corrected chi connectivity index (χ1v) is 3.38. The van der Waals surface area contributed by atoms with Gasteiger partial charge in [-0.15, -0.1) is 0 Å². The minimum Gasteiger partial charge on any atom is -0.184 e. The van der Waals surface area contributed by atoms with E-state index in [4.69, 9.17) is 0 Å². The van der Waals surface area contributed by atoms with Gasteiger partial charge in [0, 0.05) is 21.1 Å². The Morgan fingerprint density at radius 3 is 2.40 bits per heavy atom. The van der Waals surface area contributed by atoms with Crippen LogP contribution in [0.2, 0.25) is 0 Å². The molecule has 0 bridgehead atoms. The monoisotopic (exact) mass is 303 g/mol. The molecule has 0 saturated carbocycles. The molecule has 0 atom stereocenters. The van der Waals surface area contributed by atoms with E-state index in [2.05, 4.69) is 25.1 Å². The van der Waals surface area contributed by atoms with E-state index in [0.717, 1.165) is 0 Å². The summed E-state index contributed by atoms with van der Waals surface area (Å²) in [4.78, 5) is 0. The predicted octanol–water partition coefficient (Wildman–Crippen LogP) is 2.44. The van der Waals surface area contributed by atoms with Gasteiger partial charge in [-0.1, -0.05) is 19.8 Å². The average molecular weight is 303 g/mol. The second kappa shape index (κ2) is 5.67. The van der Waals surface area contributed by atoms with Crippen molar-refractivity contribution in [3.63, 3.8) is 0 Å². The van der Waals surface area contributed by atoms with E-state index in [9.17, 15) is 0 Å². The first-order chi connectivity index (χ1) is 4.43. The Labute approximate surface area is 76.9 Å². The van der Waals surface area contributed by atoms with Gasteiger partial charge in [-0.05, 0) is 0 Å². The van der Waals surface area contributed by atoms with Crippen molar-refractivity contribution in [1.29, 1.82) is 0 Å². The summed E-state index contributed by atoms with van der Waals surface area (Å²) in [7, 11) is 0. The maximum atomic E-state index is 2.99. The molecule has 10 heavy (non-hydrogen) atoms. The van der Waals surface area contributed by atoms with Crippen molar-refractivity contribution >= 4 is 0 Å². The van der Waals surface area contributed by atoms with Crippen molar-refractivity contribution in [2.45, 2.75) is 19.8 Å². The molecule has 0 radical (unpaired) electrons. The fraction of sp³-hybridized carbons (Fsp3) is 0.333. The molecule has 54 valence electrons. The Morgan fingerprint density at radius 1 is 1.30 bits per heavy atom. The van der Waals surface area contributed by atoms with Gasteiger partial charge < -0.3 is 0 Å². The zero-order chi connectivity index (χ0) is 6.53. The van der Waals surface area contributed by atoms with Gasteiger partial charge in [0.05, 0.1) is 0 Å². The maximum absolute atomic E-state index is 2.99. The third-order valence-corrected chi connectivity index (χ3v) is 1.33. The van der Waals surface area contributed by atoms with Crippen molar-refractivity contribution in [3.05, 3.63) is 35.9 Å². The van der Waals surface area contributed by atoms with Gasteiger partial charge >= 0.3 is 0 Å². The minimum absolute atomic E-state index is 0. The van der Waals surface area contributed by atoms with E-state index in [-0.39, 0.29) is 21.1 Å².